The fourth-order valence-corrected chi connectivity index (χ4v) is 3.26. The molecule has 0 amide bonds. The molecule has 0 unspecified atom stereocenters. The average Bonchev–Trinajstić information content (AvgIpc) is 2.69. The quantitative estimate of drug-likeness (QED) is 0.406. The van der Waals surface area contributed by atoms with Gasteiger partial charge >= 0.3 is 0 Å². The molecule has 2 heterocycles. The molecule has 0 saturated heterocycles. The molecule has 0 spiro atoms. The van der Waals surface area contributed by atoms with E-state index in [1.165, 1.54) is 19.2 Å². The molecule has 0 aliphatic rings. The lowest BCUT2D eigenvalue weighted by Gasteiger charge is -2.12. The minimum atomic E-state index is -0.534. The monoisotopic (exact) mass is 441 g/mol. The van der Waals surface area contributed by atoms with Gasteiger partial charge in [0.05, 0.1) is 18.7 Å². The molecule has 0 aliphatic carbocycles. The Morgan fingerprint density at radius 3 is 2.43 bits per heavy atom. The maximum Gasteiger partial charge on any atom is 0.171 e. The second-order valence-electron chi connectivity index (χ2n) is 5.74. The van der Waals surface area contributed by atoms with Gasteiger partial charge in [-0.25, -0.2) is 14.4 Å². The summed E-state index contributed by atoms with van der Waals surface area (Å²) >= 11 is 18.0. The smallest absolute Gasteiger partial charge is 0.171 e. The number of rotatable bonds is 6. The van der Waals surface area contributed by atoms with Gasteiger partial charge in [-0.2, -0.15) is 0 Å². The summed E-state index contributed by atoms with van der Waals surface area (Å²) in [7, 11) is 1.51. The molecular formula is C19H15Cl3FN3O2. The zero-order valence-corrected chi connectivity index (χ0v) is 16.9. The third kappa shape index (κ3) is 4.41. The SMILES string of the molecule is COc1cc(-c2cnc(N)c(OCCc3c(Cl)ccc(F)c3Cl)c2)cnc1Cl. The van der Waals surface area contributed by atoms with Crippen LogP contribution >= 0.6 is 34.8 Å². The number of pyridine rings is 2. The van der Waals surface area contributed by atoms with Crippen LogP contribution in [-0.2, 0) is 6.42 Å². The molecule has 0 saturated carbocycles. The standard InChI is InChI=1S/C19H15Cl3FN3O2/c1-27-15-6-10(8-25-18(15)22)11-7-16(19(24)26-9-11)28-5-4-12-13(20)2-3-14(23)17(12)21/h2-3,6-9H,4-5H2,1H3,(H2,24,26). The Kier molecular flexibility index (Phi) is 6.44. The van der Waals surface area contributed by atoms with Gasteiger partial charge in [0.15, 0.2) is 22.5 Å². The zero-order valence-electron chi connectivity index (χ0n) is 14.7. The molecular weight excluding hydrogens is 428 g/mol. The van der Waals surface area contributed by atoms with Gasteiger partial charge in [0.1, 0.15) is 5.82 Å². The van der Waals surface area contributed by atoms with E-state index in [1.807, 2.05) is 0 Å². The first-order chi connectivity index (χ1) is 13.4. The summed E-state index contributed by atoms with van der Waals surface area (Å²) in [6, 6.07) is 6.13. The van der Waals surface area contributed by atoms with Crippen LogP contribution in [-0.4, -0.2) is 23.7 Å². The fourth-order valence-electron chi connectivity index (χ4n) is 2.52. The lowest BCUT2D eigenvalue weighted by atomic mass is 10.1. The molecule has 2 N–H and O–H groups in total. The Balaban J connectivity index is 1.79. The van der Waals surface area contributed by atoms with E-state index in [0.29, 0.717) is 34.1 Å². The van der Waals surface area contributed by atoms with Crippen LogP contribution in [0.4, 0.5) is 10.2 Å². The average molecular weight is 443 g/mol. The highest BCUT2D eigenvalue weighted by molar-refractivity contribution is 6.36. The number of methoxy groups -OCH3 is 1. The van der Waals surface area contributed by atoms with Crippen molar-refractivity contribution in [2.24, 2.45) is 0 Å². The van der Waals surface area contributed by atoms with E-state index in [4.69, 9.17) is 50.0 Å². The minimum Gasteiger partial charge on any atom is -0.494 e. The van der Waals surface area contributed by atoms with Crippen molar-refractivity contribution in [3.8, 4) is 22.6 Å². The Hall–Kier alpha value is -2.28. The maximum absolute atomic E-state index is 13.6. The number of nitrogens with two attached hydrogens (primary N) is 1. The molecule has 0 aliphatic heterocycles. The summed E-state index contributed by atoms with van der Waals surface area (Å²) in [4.78, 5) is 8.23. The summed E-state index contributed by atoms with van der Waals surface area (Å²) in [6.07, 6.45) is 3.48. The van der Waals surface area contributed by atoms with Gasteiger partial charge in [-0.1, -0.05) is 34.8 Å². The van der Waals surface area contributed by atoms with Crippen molar-refractivity contribution in [1.29, 1.82) is 0 Å². The van der Waals surface area contributed by atoms with Crippen LogP contribution in [0.2, 0.25) is 15.2 Å². The van der Waals surface area contributed by atoms with Crippen LogP contribution in [0.5, 0.6) is 11.5 Å². The third-order valence-electron chi connectivity index (χ3n) is 3.99. The van der Waals surface area contributed by atoms with Crippen LogP contribution in [0.25, 0.3) is 11.1 Å². The second-order valence-corrected chi connectivity index (χ2v) is 6.89. The van der Waals surface area contributed by atoms with Crippen molar-refractivity contribution in [3.63, 3.8) is 0 Å². The van der Waals surface area contributed by atoms with Gasteiger partial charge in [-0.15, -0.1) is 0 Å². The maximum atomic E-state index is 13.6. The van der Waals surface area contributed by atoms with E-state index >= 15 is 0 Å². The van der Waals surface area contributed by atoms with Gasteiger partial charge in [-0.05, 0) is 29.8 Å². The summed E-state index contributed by atoms with van der Waals surface area (Å²) in [5.74, 6) is 0.492. The largest absolute Gasteiger partial charge is 0.494 e. The van der Waals surface area contributed by atoms with Gasteiger partial charge in [0.2, 0.25) is 0 Å². The first-order valence-corrected chi connectivity index (χ1v) is 9.24. The second kappa shape index (κ2) is 8.82. The fraction of sp³-hybridized carbons (Fsp3) is 0.158. The molecule has 3 aromatic rings. The number of hydrogen-bond acceptors (Lipinski definition) is 5. The summed E-state index contributed by atoms with van der Waals surface area (Å²) in [5, 5.41) is 0.611. The lowest BCUT2D eigenvalue weighted by molar-refractivity contribution is 0.322. The Bertz CT molecular complexity index is 1020. The van der Waals surface area contributed by atoms with E-state index in [1.54, 1.807) is 24.5 Å². The molecule has 0 fully saturated rings. The Morgan fingerprint density at radius 2 is 1.71 bits per heavy atom. The number of nitrogens with zero attached hydrogens (tertiary/aromatic N) is 2. The summed E-state index contributed by atoms with van der Waals surface area (Å²) in [5.41, 5.74) is 7.82. The Labute approximate surface area is 176 Å². The molecule has 146 valence electrons. The number of nitrogen functional groups attached to an aromatic ring is 1. The van der Waals surface area contributed by atoms with Gasteiger partial charge in [-0.3, -0.25) is 0 Å². The summed E-state index contributed by atoms with van der Waals surface area (Å²) in [6.45, 7) is 0.181. The van der Waals surface area contributed by atoms with Crippen molar-refractivity contribution in [3.05, 3.63) is 63.2 Å². The first-order valence-electron chi connectivity index (χ1n) is 8.11. The number of benzene rings is 1. The van der Waals surface area contributed by atoms with Crippen molar-refractivity contribution < 1.29 is 13.9 Å². The molecule has 3 rings (SSSR count). The number of ether oxygens (including phenoxy) is 2. The third-order valence-corrected chi connectivity index (χ3v) is 5.04. The van der Waals surface area contributed by atoms with E-state index in [0.717, 1.165) is 5.56 Å². The van der Waals surface area contributed by atoms with Crippen molar-refractivity contribution >= 4 is 40.6 Å². The first kappa shape index (κ1) is 20.5. The van der Waals surface area contributed by atoms with Crippen molar-refractivity contribution in [2.45, 2.75) is 6.42 Å². The van der Waals surface area contributed by atoms with E-state index in [2.05, 4.69) is 9.97 Å². The summed E-state index contributed by atoms with van der Waals surface area (Å²) < 4.78 is 24.5. The number of halogens is 4. The number of hydrogen-bond donors (Lipinski definition) is 1. The van der Waals surface area contributed by atoms with Crippen molar-refractivity contribution in [2.75, 3.05) is 19.5 Å². The van der Waals surface area contributed by atoms with E-state index < -0.39 is 5.82 Å². The number of anilines is 1. The lowest BCUT2D eigenvalue weighted by Crippen LogP contribution is -2.06. The Morgan fingerprint density at radius 1 is 1.04 bits per heavy atom. The van der Waals surface area contributed by atoms with Gasteiger partial charge < -0.3 is 15.2 Å². The molecule has 1 aromatic carbocycles. The van der Waals surface area contributed by atoms with Crippen LogP contribution in [0.15, 0.2) is 36.7 Å². The number of aromatic nitrogens is 2. The molecule has 5 nitrogen and oxygen atoms in total. The van der Waals surface area contributed by atoms with Gasteiger partial charge in [0, 0.05) is 35.0 Å². The molecule has 0 radical (unpaired) electrons. The molecule has 2 aromatic heterocycles. The highest BCUT2D eigenvalue weighted by Gasteiger charge is 2.13. The van der Waals surface area contributed by atoms with E-state index in [-0.39, 0.29) is 22.6 Å². The molecule has 0 atom stereocenters. The molecule has 9 heteroatoms. The van der Waals surface area contributed by atoms with Crippen molar-refractivity contribution in [1.82, 2.24) is 9.97 Å². The van der Waals surface area contributed by atoms with Crippen LogP contribution in [0, 0.1) is 5.82 Å². The highest BCUT2D eigenvalue weighted by Crippen LogP contribution is 2.32. The van der Waals surface area contributed by atoms with Crippen LogP contribution in [0.3, 0.4) is 0 Å². The predicted molar refractivity (Wildman–Crippen MR) is 109 cm³/mol. The molecule has 28 heavy (non-hydrogen) atoms. The zero-order chi connectivity index (χ0) is 20.3. The molecule has 0 bridgehead atoms. The normalized spacial score (nSPS) is 10.8. The minimum absolute atomic E-state index is 0.0183. The van der Waals surface area contributed by atoms with E-state index in [9.17, 15) is 4.39 Å². The topological polar surface area (TPSA) is 70.3 Å². The van der Waals surface area contributed by atoms with Crippen LogP contribution in [0.1, 0.15) is 5.56 Å². The van der Waals surface area contributed by atoms with Crippen LogP contribution < -0.4 is 15.2 Å². The highest BCUT2D eigenvalue weighted by atomic mass is 35.5. The van der Waals surface area contributed by atoms with Gasteiger partial charge in [0.25, 0.3) is 0 Å². The predicted octanol–water partition coefficient (Wildman–Crippen LogP) is 5.46.